The van der Waals surface area contributed by atoms with E-state index in [1.807, 2.05) is 13.8 Å². The van der Waals surface area contributed by atoms with Gasteiger partial charge in [-0.3, -0.25) is 5.32 Å². The van der Waals surface area contributed by atoms with Gasteiger partial charge in [0.2, 0.25) is 0 Å². The van der Waals surface area contributed by atoms with Gasteiger partial charge in [-0.2, -0.15) is 0 Å². The molecule has 90 valence electrons. The van der Waals surface area contributed by atoms with Crippen molar-refractivity contribution in [2.45, 2.75) is 26.8 Å². The number of rotatable bonds is 3. The summed E-state index contributed by atoms with van der Waals surface area (Å²) in [5.74, 6) is 0. The number of aliphatic hydroxyl groups excluding tert-OH is 1. The SMILES string of the molecule is Cc1nc(NC(=O)N(C)[C@@H](C)CO)sc1C. The van der Waals surface area contributed by atoms with Gasteiger partial charge in [0.05, 0.1) is 18.3 Å². The van der Waals surface area contributed by atoms with Crippen molar-refractivity contribution >= 4 is 22.5 Å². The third kappa shape index (κ3) is 2.93. The van der Waals surface area contributed by atoms with Gasteiger partial charge in [0.25, 0.3) is 0 Å². The van der Waals surface area contributed by atoms with Crippen LogP contribution >= 0.6 is 11.3 Å². The maximum atomic E-state index is 11.7. The Morgan fingerprint density at radius 2 is 2.25 bits per heavy atom. The Hall–Kier alpha value is -1.14. The number of hydrogen-bond donors (Lipinski definition) is 2. The maximum Gasteiger partial charge on any atom is 0.323 e. The molecular weight excluding hydrogens is 226 g/mol. The molecule has 0 aliphatic rings. The van der Waals surface area contributed by atoms with E-state index in [1.165, 1.54) is 16.2 Å². The summed E-state index contributed by atoms with van der Waals surface area (Å²) in [6.07, 6.45) is 0. The van der Waals surface area contributed by atoms with Gasteiger partial charge in [-0.05, 0) is 20.8 Å². The molecular formula is C10H17N3O2S. The number of likely N-dealkylation sites (N-methyl/N-ethyl adjacent to an activating group) is 1. The Morgan fingerprint density at radius 3 is 2.69 bits per heavy atom. The Kier molecular flexibility index (Phi) is 4.26. The second kappa shape index (κ2) is 5.27. The third-order valence-electron chi connectivity index (χ3n) is 2.49. The van der Waals surface area contributed by atoms with Crippen molar-refractivity contribution in [1.82, 2.24) is 9.88 Å². The Morgan fingerprint density at radius 1 is 1.62 bits per heavy atom. The molecule has 0 aliphatic heterocycles. The van der Waals surface area contributed by atoms with E-state index in [2.05, 4.69) is 10.3 Å². The molecule has 1 aromatic rings. The van der Waals surface area contributed by atoms with E-state index in [9.17, 15) is 4.79 Å². The first-order chi connectivity index (χ1) is 7.45. The van der Waals surface area contributed by atoms with Crippen LogP contribution in [0.5, 0.6) is 0 Å². The normalized spacial score (nSPS) is 12.3. The Labute approximate surface area is 99.1 Å². The highest BCUT2D eigenvalue weighted by atomic mass is 32.1. The van der Waals surface area contributed by atoms with E-state index in [4.69, 9.17) is 5.11 Å². The highest BCUT2D eigenvalue weighted by Crippen LogP contribution is 2.21. The number of nitrogens with one attached hydrogen (secondary N) is 1. The highest BCUT2D eigenvalue weighted by molar-refractivity contribution is 7.15. The highest BCUT2D eigenvalue weighted by Gasteiger charge is 2.16. The largest absolute Gasteiger partial charge is 0.394 e. The molecule has 2 amide bonds. The lowest BCUT2D eigenvalue weighted by molar-refractivity contribution is 0.166. The summed E-state index contributed by atoms with van der Waals surface area (Å²) >= 11 is 1.45. The summed E-state index contributed by atoms with van der Waals surface area (Å²) in [4.78, 5) is 18.5. The molecule has 16 heavy (non-hydrogen) atoms. The van der Waals surface area contributed by atoms with Gasteiger partial charge >= 0.3 is 6.03 Å². The number of thiazole rings is 1. The monoisotopic (exact) mass is 243 g/mol. The summed E-state index contributed by atoms with van der Waals surface area (Å²) in [6.45, 7) is 5.59. The second-order valence-electron chi connectivity index (χ2n) is 3.73. The zero-order valence-corrected chi connectivity index (χ0v) is 10.8. The standard InChI is InChI=1S/C10H17N3O2S/c1-6(5-14)13(4)10(15)12-9-11-7(2)8(3)16-9/h6,14H,5H2,1-4H3,(H,11,12,15)/t6-/m0/s1. The van der Waals surface area contributed by atoms with Crippen LogP contribution in [0.4, 0.5) is 9.93 Å². The molecule has 1 atom stereocenters. The molecule has 0 saturated heterocycles. The minimum atomic E-state index is -0.254. The van der Waals surface area contributed by atoms with Crippen molar-refractivity contribution in [3.05, 3.63) is 10.6 Å². The van der Waals surface area contributed by atoms with Crippen LogP contribution in [0.1, 0.15) is 17.5 Å². The number of carbonyl (C=O) groups excluding carboxylic acids is 1. The van der Waals surface area contributed by atoms with Gasteiger partial charge in [0, 0.05) is 11.9 Å². The van der Waals surface area contributed by atoms with Gasteiger partial charge in [0.1, 0.15) is 0 Å². The lowest BCUT2D eigenvalue weighted by Gasteiger charge is -2.22. The molecule has 0 spiro atoms. The second-order valence-corrected chi connectivity index (χ2v) is 4.94. The first-order valence-corrected chi connectivity index (χ1v) is 5.86. The van der Waals surface area contributed by atoms with Crippen molar-refractivity contribution in [1.29, 1.82) is 0 Å². The first kappa shape index (κ1) is 12.9. The fourth-order valence-corrected chi connectivity index (χ4v) is 1.83. The molecule has 0 saturated carbocycles. The van der Waals surface area contributed by atoms with Crippen LogP contribution in [0.25, 0.3) is 0 Å². The smallest absolute Gasteiger partial charge is 0.323 e. The lowest BCUT2D eigenvalue weighted by atomic mass is 10.3. The van der Waals surface area contributed by atoms with Crippen molar-refractivity contribution < 1.29 is 9.90 Å². The average Bonchev–Trinajstić information content (AvgIpc) is 2.55. The van der Waals surface area contributed by atoms with Crippen LogP contribution in [0.2, 0.25) is 0 Å². The molecule has 0 radical (unpaired) electrons. The zero-order chi connectivity index (χ0) is 12.3. The van der Waals surface area contributed by atoms with E-state index >= 15 is 0 Å². The summed E-state index contributed by atoms with van der Waals surface area (Å²) in [5, 5.41) is 12.2. The Balaban J connectivity index is 2.64. The average molecular weight is 243 g/mol. The number of urea groups is 1. The van der Waals surface area contributed by atoms with E-state index in [1.54, 1.807) is 14.0 Å². The number of amides is 2. The van der Waals surface area contributed by atoms with Gasteiger partial charge < -0.3 is 10.0 Å². The number of hydrogen-bond acceptors (Lipinski definition) is 4. The molecule has 0 fully saturated rings. The van der Waals surface area contributed by atoms with E-state index < -0.39 is 0 Å². The molecule has 0 aliphatic carbocycles. The van der Waals surface area contributed by atoms with Crippen molar-refractivity contribution in [3.63, 3.8) is 0 Å². The van der Waals surface area contributed by atoms with E-state index in [0.29, 0.717) is 5.13 Å². The lowest BCUT2D eigenvalue weighted by Crippen LogP contribution is -2.40. The number of carbonyl (C=O) groups is 1. The van der Waals surface area contributed by atoms with Crippen molar-refractivity contribution in [2.24, 2.45) is 0 Å². The maximum absolute atomic E-state index is 11.7. The van der Waals surface area contributed by atoms with Crippen LogP contribution in [0.3, 0.4) is 0 Å². The van der Waals surface area contributed by atoms with Crippen molar-refractivity contribution in [2.75, 3.05) is 19.0 Å². The van der Waals surface area contributed by atoms with Crippen LogP contribution < -0.4 is 5.32 Å². The first-order valence-electron chi connectivity index (χ1n) is 5.04. The molecule has 1 rings (SSSR count). The molecule has 0 bridgehead atoms. The van der Waals surface area contributed by atoms with Gasteiger partial charge in [-0.15, -0.1) is 11.3 Å². The van der Waals surface area contributed by atoms with E-state index in [-0.39, 0.29) is 18.7 Å². The zero-order valence-electron chi connectivity index (χ0n) is 9.94. The minimum Gasteiger partial charge on any atom is -0.394 e. The summed E-state index contributed by atoms with van der Waals surface area (Å²) < 4.78 is 0. The molecule has 1 heterocycles. The van der Waals surface area contributed by atoms with Crippen LogP contribution in [0.15, 0.2) is 0 Å². The van der Waals surface area contributed by atoms with Gasteiger partial charge in [-0.1, -0.05) is 0 Å². The fourth-order valence-electron chi connectivity index (χ4n) is 1.03. The van der Waals surface area contributed by atoms with Crippen LogP contribution in [0, 0.1) is 13.8 Å². The summed E-state index contributed by atoms with van der Waals surface area (Å²) in [5.41, 5.74) is 0.929. The third-order valence-corrected chi connectivity index (χ3v) is 3.48. The number of aromatic nitrogens is 1. The molecule has 5 nitrogen and oxygen atoms in total. The molecule has 6 heteroatoms. The van der Waals surface area contributed by atoms with Gasteiger partial charge in [-0.25, -0.2) is 9.78 Å². The molecule has 1 aromatic heterocycles. The van der Waals surface area contributed by atoms with Crippen LogP contribution in [-0.4, -0.2) is 40.7 Å². The predicted molar refractivity (Wildman–Crippen MR) is 64.9 cm³/mol. The number of aryl methyl sites for hydroxylation is 2. The fraction of sp³-hybridized carbons (Fsp3) is 0.600. The molecule has 0 unspecified atom stereocenters. The van der Waals surface area contributed by atoms with Crippen molar-refractivity contribution in [3.8, 4) is 0 Å². The predicted octanol–water partition coefficient (Wildman–Crippen LogP) is 1.60. The number of aliphatic hydroxyl groups is 1. The Bertz CT molecular complexity index is 359. The van der Waals surface area contributed by atoms with E-state index in [0.717, 1.165) is 10.6 Å². The molecule has 0 aromatic carbocycles. The number of nitrogens with zero attached hydrogens (tertiary/aromatic N) is 2. The summed E-state index contributed by atoms with van der Waals surface area (Å²) in [6, 6.07) is -0.461. The van der Waals surface area contributed by atoms with Gasteiger partial charge in [0.15, 0.2) is 5.13 Å². The minimum absolute atomic E-state index is 0.0557. The summed E-state index contributed by atoms with van der Waals surface area (Å²) in [7, 11) is 1.64. The number of anilines is 1. The van der Waals surface area contributed by atoms with Crippen LogP contribution in [-0.2, 0) is 0 Å². The molecule has 2 N–H and O–H groups in total. The quantitative estimate of drug-likeness (QED) is 0.847. The topological polar surface area (TPSA) is 65.5 Å².